The number of phenols is 1. The van der Waals surface area contributed by atoms with Gasteiger partial charge in [0, 0.05) is 15.7 Å². The minimum atomic E-state index is -1.48. The van der Waals surface area contributed by atoms with Crippen molar-refractivity contribution >= 4 is 53.4 Å². The van der Waals surface area contributed by atoms with E-state index in [0.29, 0.717) is 14.4 Å². The molecule has 0 unspecified atom stereocenters. The molecule has 0 aliphatic carbocycles. The number of anilines is 2. The Kier molecular flexibility index (Phi) is 5.00. The van der Waals surface area contributed by atoms with Gasteiger partial charge in [0.2, 0.25) is 5.82 Å². The molecule has 0 atom stereocenters. The number of hydrogen-bond donors (Lipinski definition) is 3. The molecule has 2 N–H and O–H groups in total. The molecular weight excluding hydrogens is 357 g/mol. The number of phenolic OH excluding ortho intramolecular Hbond substituents is 1. The third-order valence-electron chi connectivity index (χ3n) is 2.58. The lowest BCUT2D eigenvalue weighted by Gasteiger charge is -2.18. The number of benzene rings is 2. The lowest BCUT2D eigenvalue weighted by molar-refractivity contribution is 0.260. The molecule has 2 amide bonds. The molecule has 0 radical (unpaired) electrons. The highest BCUT2D eigenvalue weighted by Gasteiger charge is 2.20. The van der Waals surface area contributed by atoms with Crippen LogP contribution in [0.25, 0.3) is 0 Å². The van der Waals surface area contributed by atoms with E-state index < -0.39 is 23.4 Å². The van der Waals surface area contributed by atoms with Crippen LogP contribution in [0.2, 0.25) is 10.0 Å². The van der Waals surface area contributed by atoms with Gasteiger partial charge < -0.3 is 10.4 Å². The van der Waals surface area contributed by atoms with Crippen LogP contribution < -0.4 is 9.62 Å². The summed E-state index contributed by atoms with van der Waals surface area (Å²) in [5.74, 6) is -3.76. The van der Waals surface area contributed by atoms with E-state index in [9.17, 15) is 18.7 Å². The van der Waals surface area contributed by atoms with Gasteiger partial charge >= 0.3 is 6.03 Å². The van der Waals surface area contributed by atoms with Gasteiger partial charge in [0.15, 0.2) is 11.6 Å². The zero-order valence-corrected chi connectivity index (χ0v) is 13.1. The van der Waals surface area contributed by atoms with E-state index in [-0.39, 0.29) is 11.4 Å². The predicted octanol–water partition coefficient (Wildman–Crippen LogP) is 4.86. The van der Waals surface area contributed by atoms with Gasteiger partial charge in [-0.2, -0.15) is 4.39 Å². The number of thiol groups is 1. The Morgan fingerprint density at radius 3 is 2.36 bits per heavy atom. The van der Waals surface area contributed by atoms with E-state index >= 15 is 0 Å². The maximum atomic E-state index is 13.3. The monoisotopic (exact) mass is 364 g/mol. The third kappa shape index (κ3) is 3.55. The predicted molar refractivity (Wildman–Crippen MR) is 85.0 cm³/mol. The normalized spacial score (nSPS) is 10.4. The summed E-state index contributed by atoms with van der Waals surface area (Å²) in [6, 6.07) is 5.26. The van der Waals surface area contributed by atoms with Gasteiger partial charge in [0.25, 0.3) is 0 Å². The first-order valence-corrected chi connectivity index (χ1v) is 6.88. The molecule has 2 aromatic carbocycles. The fraction of sp³-hybridized carbons (Fsp3) is 0. The topological polar surface area (TPSA) is 52.6 Å². The number of carbonyl (C=O) groups excluding carboxylic acids is 1. The van der Waals surface area contributed by atoms with Crippen molar-refractivity contribution in [2.45, 2.75) is 0 Å². The minimum Gasteiger partial charge on any atom is -0.503 e. The molecule has 0 heterocycles. The summed E-state index contributed by atoms with van der Waals surface area (Å²) in [6.07, 6.45) is 0. The summed E-state index contributed by atoms with van der Waals surface area (Å²) >= 11 is 15.4. The number of nitrogens with zero attached hydrogens (tertiary/aromatic N) is 1. The molecule has 0 aliphatic heterocycles. The van der Waals surface area contributed by atoms with Crippen LogP contribution >= 0.6 is 36.0 Å². The summed E-state index contributed by atoms with van der Waals surface area (Å²) in [6.45, 7) is 0. The molecule has 0 spiro atoms. The highest BCUT2D eigenvalue weighted by molar-refractivity contribution is 7.82. The van der Waals surface area contributed by atoms with Crippen molar-refractivity contribution in [2.24, 2.45) is 0 Å². The largest absolute Gasteiger partial charge is 0.503 e. The first-order valence-electron chi connectivity index (χ1n) is 5.72. The van der Waals surface area contributed by atoms with Crippen LogP contribution in [0.3, 0.4) is 0 Å². The number of rotatable bonds is 2. The average molecular weight is 365 g/mol. The van der Waals surface area contributed by atoms with Crippen LogP contribution in [-0.2, 0) is 0 Å². The molecule has 0 fully saturated rings. The summed E-state index contributed by atoms with van der Waals surface area (Å²) in [4.78, 5) is 12.0. The maximum Gasteiger partial charge on any atom is 0.336 e. The molecule has 4 nitrogen and oxygen atoms in total. The molecule has 2 rings (SSSR count). The number of halogens is 4. The fourth-order valence-electron chi connectivity index (χ4n) is 1.61. The lowest BCUT2D eigenvalue weighted by Crippen LogP contribution is -2.27. The number of hydrogen-bond acceptors (Lipinski definition) is 3. The van der Waals surface area contributed by atoms with Crippen molar-refractivity contribution in [2.75, 3.05) is 9.62 Å². The second-order valence-electron chi connectivity index (χ2n) is 4.13. The SMILES string of the molecule is O=C(Nc1cc(Cl)cc(Cl)c1)N(S)c1ccc(F)c(F)c1O. The van der Waals surface area contributed by atoms with Crippen LogP contribution in [0.5, 0.6) is 5.75 Å². The first-order chi connectivity index (χ1) is 10.3. The Hall–Kier alpha value is -1.70. The van der Waals surface area contributed by atoms with Crippen LogP contribution in [0.4, 0.5) is 25.0 Å². The van der Waals surface area contributed by atoms with Gasteiger partial charge in [-0.1, -0.05) is 36.0 Å². The standard InChI is InChI=1S/C13H8Cl2F2N2O2S/c14-6-3-7(15)5-8(4-6)18-13(21)19(22)10-2-1-9(16)11(17)12(10)20/h1-5,20,22H,(H,18,21). The molecule has 22 heavy (non-hydrogen) atoms. The first kappa shape index (κ1) is 16.7. The van der Waals surface area contributed by atoms with Gasteiger partial charge in [-0.05, 0) is 30.3 Å². The Bertz CT molecular complexity index is 726. The Labute approximate surface area is 139 Å². The van der Waals surface area contributed by atoms with Crippen molar-refractivity contribution in [1.29, 1.82) is 0 Å². The van der Waals surface area contributed by atoms with E-state index in [0.717, 1.165) is 12.1 Å². The Morgan fingerprint density at radius 1 is 1.18 bits per heavy atom. The van der Waals surface area contributed by atoms with Crippen LogP contribution in [0.15, 0.2) is 30.3 Å². The zero-order valence-electron chi connectivity index (χ0n) is 10.6. The number of aromatic hydroxyl groups is 1. The van der Waals surface area contributed by atoms with Crippen molar-refractivity contribution < 1.29 is 18.7 Å². The molecule has 0 aromatic heterocycles. The molecular formula is C13H8Cl2F2N2O2S. The van der Waals surface area contributed by atoms with Crippen molar-refractivity contribution in [3.8, 4) is 5.75 Å². The lowest BCUT2D eigenvalue weighted by atomic mass is 10.2. The van der Waals surface area contributed by atoms with E-state index in [2.05, 4.69) is 18.1 Å². The molecule has 116 valence electrons. The summed E-state index contributed by atoms with van der Waals surface area (Å²) in [5.41, 5.74) is -0.0588. The fourth-order valence-corrected chi connectivity index (χ4v) is 2.35. The van der Waals surface area contributed by atoms with E-state index in [1.165, 1.54) is 18.2 Å². The summed E-state index contributed by atoms with van der Waals surface area (Å²) in [7, 11) is 0. The van der Waals surface area contributed by atoms with Gasteiger partial charge in [-0.15, -0.1) is 0 Å². The second-order valence-corrected chi connectivity index (χ2v) is 5.40. The van der Waals surface area contributed by atoms with Gasteiger partial charge in [-0.3, -0.25) is 0 Å². The highest BCUT2D eigenvalue weighted by atomic mass is 35.5. The molecule has 0 aliphatic rings. The van der Waals surface area contributed by atoms with Crippen molar-refractivity contribution in [3.63, 3.8) is 0 Å². The van der Waals surface area contributed by atoms with Crippen molar-refractivity contribution in [3.05, 3.63) is 52.0 Å². The molecule has 2 aromatic rings. The van der Waals surface area contributed by atoms with Crippen LogP contribution in [-0.4, -0.2) is 11.1 Å². The smallest absolute Gasteiger partial charge is 0.336 e. The Morgan fingerprint density at radius 2 is 1.77 bits per heavy atom. The summed E-state index contributed by atoms with van der Waals surface area (Å²) in [5, 5.41) is 12.5. The number of amides is 2. The zero-order chi connectivity index (χ0) is 16.4. The second kappa shape index (κ2) is 6.60. The van der Waals surface area contributed by atoms with Gasteiger partial charge in [0.05, 0.1) is 0 Å². The average Bonchev–Trinajstić information content (AvgIpc) is 2.43. The van der Waals surface area contributed by atoms with Crippen molar-refractivity contribution in [1.82, 2.24) is 0 Å². The minimum absolute atomic E-state index is 0.267. The molecule has 9 heteroatoms. The van der Waals surface area contributed by atoms with Gasteiger partial charge in [-0.25, -0.2) is 13.5 Å². The molecule has 0 saturated heterocycles. The number of urea groups is 1. The van der Waals surface area contributed by atoms with E-state index in [1.54, 1.807) is 0 Å². The van der Waals surface area contributed by atoms with E-state index in [1.807, 2.05) is 0 Å². The molecule has 0 bridgehead atoms. The van der Waals surface area contributed by atoms with Crippen LogP contribution in [0, 0.1) is 11.6 Å². The summed E-state index contributed by atoms with van der Waals surface area (Å²) < 4.78 is 26.9. The Balaban J connectivity index is 2.24. The maximum absolute atomic E-state index is 13.3. The van der Waals surface area contributed by atoms with E-state index in [4.69, 9.17) is 23.2 Å². The number of carbonyl (C=O) groups is 1. The molecule has 0 saturated carbocycles. The number of nitrogens with one attached hydrogen (secondary N) is 1. The van der Waals surface area contributed by atoms with Gasteiger partial charge in [0.1, 0.15) is 5.69 Å². The third-order valence-corrected chi connectivity index (χ3v) is 3.42. The van der Waals surface area contributed by atoms with Crippen LogP contribution in [0.1, 0.15) is 0 Å². The quantitative estimate of drug-likeness (QED) is 0.666. The highest BCUT2D eigenvalue weighted by Crippen LogP contribution is 2.33.